The predicted octanol–water partition coefficient (Wildman–Crippen LogP) is 1.10. The lowest BCUT2D eigenvalue weighted by Gasteiger charge is -2.18. The molecule has 9 heteroatoms. The molecule has 1 amide bonds. The van der Waals surface area contributed by atoms with Gasteiger partial charge >= 0.3 is 5.69 Å². The Morgan fingerprint density at radius 3 is 2.52 bits per heavy atom. The zero-order valence-electron chi connectivity index (χ0n) is 12.4. The van der Waals surface area contributed by atoms with Crippen molar-refractivity contribution in [3.8, 4) is 0 Å². The van der Waals surface area contributed by atoms with Crippen molar-refractivity contribution in [2.24, 2.45) is 0 Å². The molecule has 1 rings (SSSR count). The van der Waals surface area contributed by atoms with Gasteiger partial charge in [0.15, 0.2) is 0 Å². The van der Waals surface area contributed by atoms with Crippen LogP contribution in [0.1, 0.15) is 20.8 Å². The lowest BCUT2D eigenvalue weighted by atomic mass is 10.4. The highest BCUT2D eigenvalue weighted by Crippen LogP contribution is 2.21. The minimum absolute atomic E-state index is 0.0338. The Bertz CT molecular complexity index is 504. The number of likely N-dealkylation sites (N-methyl/N-ethyl adjacent to an activating group) is 1. The normalized spacial score (nSPS) is 10.0. The molecule has 0 spiro atoms. The average Bonchev–Trinajstić information content (AvgIpc) is 2.46. The van der Waals surface area contributed by atoms with Crippen molar-refractivity contribution in [2.45, 2.75) is 20.8 Å². The van der Waals surface area contributed by atoms with Crippen LogP contribution in [0, 0.1) is 10.1 Å². The monoisotopic (exact) mass is 296 g/mol. The third-order valence-corrected chi connectivity index (χ3v) is 2.82. The first-order chi connectivity index (χ1) is 10.0. The van der Waals surface area contributed by atoms with E-state index < -0.39 is 4.92 Å². The Morgan fingerprint density at radius 1 is 1.33 bits per heavy atom. The first kappa shape index (κ1) is 16.6. The molecular weight excluding hydrogens is 276 g/mol. The van der Waals surface area contributed by atoms with Crippen LogP contribution >= 0.6 is 0 Å². The van der Waals surface area contributed by atoms with E-state index in [4.69, 9.17) is 0 Å². The number of aromatic nitrogens is 2. The van der Waals surface area contributed by atoms with E-state index in [2.05, 4.69) is 20.6 Å². The van der Waals surface area contributed by atoms with Crippen molar-refractivity contribution < 1.29 is 9.72 Å². The van der Waals surface area contributed by atoms with Crippen LogP contribution in [0.5, 0.6) is 0 Å². The minimum atomic E-state index is -0.583. The molecule has 1 heterocycles. The van der Waals surface area contributed by atoms with E-state index in [1.807, 2.05) is 20.8 Å². The van der Waals surface area contributed by atoms with Crippen molar-refractivity contribution in [3.63, 3.8) is 0 Å². The zero-order chi connectivity index (χ0) is 15.8. The van der Waals surface area contributed by atoms with Gasteiger partial charge in [-0.1, -0.05) is 0 Å². The second kappa shape index (κ2) is 7.98. The van der Waals surface area contributed by atoms with Gasteiger partial charge in [-0.3, -0.25) is 14.9 Å². The number of rotatable bonds is 8. The number of hydrogen-bond acceptors (Lipinski definition) is 7. The number of anilines is 2. The topological polar surface area (TPSA) is 113 Å². The van der Waals surface area contributed by atoms with Crippen LogP contribution in [0.4, 0.5) is 17.5 Å². The molecule has 116 valence electrons. The largest absolute Gasteiger partial charge is 0.355 e. The number of carbonyl (C=O) groups excluding carboxylic acids is 1. The van der Waals surface area contributed by atoms with Gasteiger partial charge in [-0.25, -0.2) is 4.98 Å². The summed E-state index contributed by atoms with van der Waals surface area (Å²) in [4.78, 5) is 31.8. The van der Waals surface area contributed by atoms with Gasteiger partial charge in [-0.15, -0.1) is 0 Å². The number of nitrogens with zero attached hydrogens (tertiary/aromatic N) is 4. The maximum absolute atomic E-state index is 11.9. The number of nitro groups is 1. The second-order valence-corrected chi connectivity index (χ2v) is 4.13. The summed E-state index contributed by atoms with van der Waals surface area (Å²) in [7, 11) is 0. The summed E-state index contributed by atoms with van der Waals surface area (Å²) in [5.41, 5.74) is -0.260. The van der Waals surface area contributed by atoms with Crippen LogP contribution < -0.4 is 10.6 Å². The van der Waals surface area contributed by atoms with Crippen LogP contribution in [0.3, 0.4) is 0 Å². The van der Waals surface area contributed by atoms with E-state index in [1.54, 1.807) is 4.90 Å². The van der Waals surface area contributed by atoms with Gasteiger partial charge in [-0.2, -0.15) is 4.98 Å². The summed E-state index contributed by atoms with van der Waals surface area (Å²) in [6.07, 6.45) is 1.12. The first-order valence-electron chi connectivity index (χ1n) is 6.80. The van der Waals surface area contributed by atoms with Crippen molar-refractivity contribution in [3.05, 3.63) is 16.3 Å². The molecule has 0 aliphatic heterocycles. The van der Waals surface area contributed by atoms with Gasteiger partial charge in [-0.05, 0) is 20.8 Å². The highest BCUT2D eigenvalue weighted by atomic mass is 16.6. The molecule has 0 atom stereocenters. The molecule has 2 N–H and O–H groups in total. The first-order valence-corrected chi connectivity index (χ1v) is 6.80. The molecule has 21 heavy (non-hydrogen) atoms. The van der Waals surface area contributed by atoms with E-state index in [0.29, 0.717) is 19.6 Å². The Kier molecular flexibility index (Phi) is 6.31. The SMILES string of the molecule is CCNc1ncc([N+](=O)[O-])c(NCC(=O)N(CC)CC)n1. The summed E-state index contributed by atoms with van der Waals surface area (Å²) in [6, 6.07) is 0. The quantitative estimate of drug-likeness (QED) is 0.545. The summed E-state index contributed by atoms with van der Waals surface area (Å²) < 4.78 is 0. The Morgan fingerprint density at radius 2 is 2.00 bits per heavy atom. The molecule has 0 fully saturated rings. The van der Waals surface area contributed by atoms with E-state index in [9.17, 15) is 14.9 Å². The molecule has 1 aromatic heterocycles. The zero-order valence-corrected chi connectivity index (χ0v) is 12.4. The highest BCUT2D eigenvalue weighted by molar-refractivity contribution is 5.81. The average molecular weight is 296 g/mol. The van der Waals surface area contributed by atoms with Crippen molar-refractivity contribution in [1.29, 1.82) is 0 Å². The van der Waals surface area contributed by atoms with E-state index in [0.717, 1.165) is 6.20 Å². The molecule has 0 aliphatic rings. The molecule has 1 aromatic rings. The molecule has 0 bridgehead atoms. The van der Waals surface area contributed by atoms with Crippen LogP contribution in [-0.2, 0) is 4.79 Å². The molecule has 0 unspecified atom stereocenters. The number of nitrogens with one attached hydrogen (secondary N) is 2. The third kappa shape index (κ3) is 4.55. The lowest BCUT2D eigenvalue weighted by molar-refractivity contribution is -0.384. The molecule has 0 aromatic carbocycles. The molecular formula is C12H20N6O3. The maximum atomic E-state index is 11.9. The summed E-state index contributed by atoms with van der Waals surface area (Å²) in [6.45, 7) is 7.33. The summed E-state index contributed by atoms with van der Waals surface area (Å²) >= 11 is 0. The van der Waals surface area contributed by atoms with Crippen LogP contribution in [0.2, 0.25) is 0 Å². The van der Waals surface area contributed by atoms with E-state index in [-0.39, 0.29) is 29.9 Å². The van der Waals surface area contributed by atoms with E-state index >= 15 is 0 Å². The summed E-state index contributed by atoms with van der Waals surface area (Å²) in [5.74, 6) is 0.172. The predicted molar refractivity (Wildman–Crippen MR) is 79.3 cm³/mol. The van der Waals surface area contributed by atoms with Gasteiger partial charge in [0.2, 0.25) is 17.7 Å². The van der Waals surface area contributed by atoms with Crippen molar-refractivity contribution in [1.82, 2.24) is 14.9 Å². The van der Waals surface area contributed by atoms with Crippen LogP contribution in [0.15, 0.2) is 6.20 Å². The number of carbonyl (C=O) groups is 1. The van der Waals surface area contributed by atoms with Gasteiger partial charge in [0.25, 0.3) is 0 Å². The fourth-order valence-electron chi connectivity index (χ4n) is 1.73. The molecule has 0 saturated carbocycles. The fourth-order valence-corrected chi connectivity index (χ4v) is 1.73. The fraction of sp³-hybridized carbons (Fsp3) is 0.583. The Balaban J connectivity index is 2.86. The smallest absolute Gasteiger partial charge is 0.329 e. The van der Waals surface area contributed by atoms with Gasteiger partial charge in [0.05, 0.1) is 11.5 Å². The number of amides is 1. The third-order valence-electron chi connectivity index (χ3n) is 2.82. The molecule has 9 nitrogen and oxygen atoms in total. The second-order valence-electron chi connectivity index (χ2n) is 4.13. The van der Waals surface area contributed by atoms with Gasteiger partial charge in [0, 0.05) is 19.6 Å². The molecule has 0 aliphatic carbocycles. The van der Waals surface area contributed by atoms with E-state index in [1.165, 1.54) is 0 Å². The minimum Gasteiger partial charge on any atom is -0.355 e. The van der Waals surface area contributed by atoms with Crippen molar-refractivity contribution in [2.75, 3.05) is 36.8 Å². The Labute approximate surface area is 122 Å². The van der Waals surface area contributed by atoms with Gasteiger partial charge < -0.3 is 15.5 Å². The Hall–Kier alpha value is -2.45. The van der Waals surface area contributed by atoms with Crippen LogP contribution in [-0.4, -0.2) is 51.9 Å². The van der Waals surface area contributed by atoms with Crippen molar-refractivity contribution >= 4 is 23.4 Å². The maximum Gasteiger partial charge on any atom is 0.329 e. The highest BCUT2D eigenvalue weighted by Gasteiger charge is 2.18. The molecule has 0 radical (unpaired) electrons. The number of hydrogen-bond donors (Lipinski definition) is 2. The van der Waals surface area contributed by atoms with Gasteiger partial charge in [0.1, 0.15) is 6.20 Å². The lowest BCUT2D eigenvalue weighted by Crippen LogP contribution is -2.35. The standard InChI is InChI=1S/C12H20N6O3/c1-4-13-12-15-7-9(18(20)21)11(16-12)14-8-10(19)17(5-2)6-3/h7H,4-6,8H2,1-3H3,(H2,13,14,15,16). The molecule has 0 saturated heterocycles. The van der Waals surface area contributed by atoms with Crippen LogP contribution in [0.25, 0.3) is 0 Å². The summed E-state index contributed by atoms with van der Waals surface area (Å²) in [5, 5.41) is 16.5.